The van der Waals surface area contributed by atoms with Gasteiger partial charge in [0.25, 0.3) is 0 Å². The maximum Gasteiger partial charge on any atom is 0.225 e. The molecule has 3 heterocycles. The van der Waals surface area contributed by atoms with Gasteiger partial charge in [-0.3, -0.25) is 4.79 Å². The lowest BCUT2D eigenvalue weighted by molar-refractivity contribution is -0.136. The fourth-order valence-corrected chi connectivity index (χ4v) is 3.74. The Morgan fingerprint density at radius 2 is 2.48 bits per heavy atom. The maximum atomic E-state index is 12.6. The minimum atomic E-state index is 0.0400. The Labute approximate surface area is 128 Å². The summed E-state index contributed by atoms with van der Waals surface area (Å²) < 4.78 is 1.88. The summed E-state index contributed by atoms with van der Waals surface area (Å²) in [7, 11) is 0. The van der Waals surface area contributed by atoms with Crippen molar-refractivity contribution in [3.63, 3.8) is 0 Å². The third kappa shape index (κ3) is 3.32. The molecule has 1 aliphatic rings. The molecule has 6 heteroatoms. The van der Waals surface area contributed by atoms with Crippen molar-refractivity contribution >= 4 is 17.2 Å². The molecule has 1 fully saturated rings. The van der Waals surface area contributed by atoms with E-state index >= 15 is 0 Å². The van der Waals surface area contributed by atoms with Gasteiger partial charge >= 0.3 is 0 Å². The van der Waals surface area contributed by atoms with Crippen molar-refractivity contribution in [1.82, 2.24) is 19.7 Å². The number of likely N-dealkylation sites (tertiary alicyclic amines) is 1. The molecule has 2 atom stereocenters. The van der Waals surface area contributed by atoms with Crippen LogP contribution in [-0.4, -0.2) is 38.7 Å². The lowest BCUT2D eigenvalue weighted by Gasteiger charge is -2.34. The second-order valence-corrected chi connectivity index (χ2v) is 6.67. The van der Waals surface area contributed by atoms with Gasteiger partial charge in [0.05, 0.1) is 6.04 Å². The van der Waals surface area contributed by atoms with Crippen LogP contribution in [0.5, 0.6) is 0 Å². The minimum Gasteiger partial charge on any atom is -0.340 e. The average molecular weight is 304 g/mol. The summed E-state index contributed by atoms with van der Waals surface area (Å²) >= 11 is 1.72. The summed E-state index contributed by atoms with van der Waals surface area (Å²) in [5.41, 5.74) is 0. The second-order valence-electron chi connectivity index (χ2n) is 5.64. The molecule has 0 N–H and O–H groups in total. The molecule has 0 aliphatic carbocycles. The van der Waals surface area contributed by atoms with Crippen molar-refractivity contribution in [1.29, 1.82) is 0 Å². The highest BCUT2D eigenvalue weighted by Crippen LogP contribution is 2.23. The van der Waals surface area contributed by atoms with Crippen LogP contribution in [0.25, 0.3) is 0 Å². The molecule has 2 aromatic heterocycles. The van der Waals surface area contributed by atoms with Crippen molar-refractivity contribution in [3.05, 3.63) is 35.0 Å². The lowest BCUT2D eigenvalue weighted by atomic mass is 10.0. The SMILES string of the molecule is C[C@H](Cc1cccs1)C(=O)N1CCC[C@@H](n2cncn2)C1. The fraction of sp³-hybridized carbons (Fsp3) is 0.533. The van der Waals surface area contributed by atoms with Crippen LogP contribution in [0.2, 0.25) is 0 Å². The second kappa shape index (κ2) is 6.39. The Balaban J connectivity index is 1.61. The molecule has 112 valence electrons. The van der Waals surface area contributed by atoms with Gasteiger partial charge in [0.15, 0.2) is 0 Å². The van der Waals surface area contributed by atoms with E-state index in [0.29, 0.717) is 0 Å². The largest absolute Gasteiger partial charge is 0.340 e. The predicted molar refractivity (Wildman–Crippen MR) is 82.1 cm³/mol. The summed E-state index contributed by atoms with van der Waals surface area (Å²) in [4.78, 5) is 19.9. The van der Waals surface area contributed by atoms with Crippen LogP contribution < -0.4 is 0 Å². The van der Waals surface area contributed by atoms with E-state index in [1.165, 1.54) is 4.88 Å². The molecule has 1 aliphatic heterocycles. The van der Waals surface area contributed by atoms with E-state index in [1.54, 1.807) is 24.0 Å². The van der Waals surface area contributed by atoms with Gasteiger partial charge in [-0.05, 0) is 30.7 Å². The van der Waals surface area contributed by atoms with Crippen LogP contribution in [0.4, 0.5) is 0 Å². The summed E-state index contributed by atoms with van der Waals surface area (Å²) in [5, 5.41) is 6.27. The Bertz CT molecular complexity index is 567. The van der Waals surface area contributed by atoms with Crippen LogP contribution in [0.1, 0.15) is 30.7 Å². The molecule has 2 aromatic rings. The highest BCUT2D eigenvalue weighted by molar-refractivity contribution is 7.09. The summed E-state index contributed by atoms with van der Waals surface area (Å²) in [5.74, 6) is 0.298. The van der Waals surface area contributed by atoms with Crippen molar-refractivity contribution in [3.8, 4) is 0 Å². The fourth-order valence-electron chi connectivity index (χ4n) is 2.91. The Morgan fingerprint density at radius 1 is 1.57 bits per heavy atom. The highest BCUT2D eigenvalue weighted by Gasteiger charge is 2.28. The first-order chi connectivity index (χ1) is 10.2. The first-order valence-corrected chi connectivity index (χ1v) is 8.27. The van der Waals surface area contributed by atoms with Crippen LogP contribution >= 0.6 is 11.3 Å². The third-order valence-electron chi connectivity index (χ3n) is 4.03. The van der Waals surface area contributed by atoms with Gasteiger partial charge in [-0.2, -0.15) is 5.10 Å². The molecule has 1 saturated heterocycles. The molecule has 3 rings (SSSR count). The molecule has 0 spiro atoms. The van der Waals surface area contributed by atoms with Gasteiger partial charge in [-0.15, -0.1) is 11.3 Å². The number of carbonyl (C=O) groups is 1. The van der Waals surface area contributed by atoms with Gasteiger partial charge in [0.1, 0.15) is 12.7 Å². The van der Waals surface area contributed by atoms with E-state index in [0.717, 1.165) is 32.4 Å². The van der Waals surface area contributed by atoms with Crippen molar-refractivity contribution < 1.29 is 4.79 Å². The maximum absolute atomic E-state index is 12.6. The van der Waals surface area contributed by atoms with Gasteiger partial charge in [-0.1, -0.05) is 13.0 Å². The van der Waals surface area contributed by atoms with E-state index in [-0.39, 0.29) is 17.9 Å². The summed E-state index contributed by atoms with van der Waals surface area (Å²) in [6, 6.07) is 4.40. The number of rotatable bonds is 4. The quantitative estimate of drug-likeness (QED) is 0.871. The topological polar surface area (TPSA) is 51.0 Å². The smallest absolute Gasteiger partial charge is 0.225 e. The molecule has 5 nitrogen and oxygen atoms in total. The van der Waals surface area contributed by atoms with Crippen LogP contribution in [0.3, 0.4) is 0 Å². The Kier molecular flexibility index (Phi) is 4.34. The van der Waals surface area contributed by atoms with Gasteiger partial charge in [-0.25, -0.2) is 9.67 Å². The number of piperidine rings is 1. The monoisotopic (exact) mass is 304 g/mol. The van der Waals surface area contributed by atoms with E-state index in [2.05, 4.69) is 21.5 Å². The van der Waals surface area contributed by atoms with Crippen LogP contribution in [-0.2, 0) is 11.2 Å². The number of carbonyl (C=O) groups excluding carboxylic acids is 1. The zero-order valence-electron chi connectivity index (χ0n) is 12.2. The van der Waals surface area contributed by atoms with Crippen LogP contribution in [0, 0.1) is 5.92 Å². The average Bonchev–Trinajstić information content (AvgIpc) is 3.20. The third-order valence-corrected chi connectivity index (χ3v) is 4.93. The number of thiophene rings is 1. The molecular formula is C15H20N4OS. The number of amides is 1. The molecule has 0 unspecified atom stereocenters. The van der Waals surface area contributed by atoms with E-state index < -0.39 is 0 Å². The van der Waals surface area contributed by atoms with E-state index in [1.807, 2.05) is 22.6 Å². The van der Waals surface area contributed by atoms with Crippen molar-refractivity contribution in [2.24, 2.45) is 5.92 Å². The summed E-state index contributed by atoms with van der Waals surface area (Å²) in [6.07, 6.45) is 6.23. The molecule has 1 amide bonds. The zero-order valence-corrected chi connectivity index (χ0v) is 13.0. The number of hydrogen-bond donors (Lipinski definition) is 0. The molecule has 21 heavy (non-hydrogen) atoms. The number of hydrogen-bond acceptors (Lipinski definition) is 4. The zero-order chi connectivity index (χ0) is 14.7. The van der Waals surface area contributed by atoms with Crippen molar-refractivity contribution in [2.45, 2.75) is 32.2 Å². The molecule has 0 aromatic carbocycles. The standard InChI is InChI=1S/C15H20N4OS/c1-12(8-14-5-3-7-21-14)15(20)18-6-2-4-13(9-18)19-11-16-10-17-19/h3,5,7,10-13H,2,4,6,8-9H2,1H3/t12-,13-/m1/s1. The van der Waals surface area contributed by atoms with Crippen molar-refractivity contribution in [2.75, 3.05) is 13.1 Å². The number of nitrogens with zero attached hydrogens (tertiary/aromatic N) is 4. The normalized spacial score (nSPS) is 20.4. The molecule has 0 saturated carbocycles. The van der Waals surface area contributed by atoms with Gasteiger partial charge in [0.2, 0.25) is 5.91 Å². The first kappa shape index (κ1) is 14.3. The van der Waals surface area contributed by atoms with Crippen LogP contribution in [0.15, 0.2) is 30.2 Å². The van der Waals surface area contributed by atoms with E-state index in [9.17, 15) is 4.79 Å². The lowest BCUT2D eigenvalue weighted by Crippen LogP contribution is -2.43. The minimum absolute atomic E-state index is 0.0400. The Hall–Kier alpha value is -1.69. The summed E-state index contributed by atoms with van der Waals surface area (Å²) in [6.45, 7) is 3.64. The molecule has 0 bridgehead atoms. The Morgan fingerprint density at radius 3 is 3.19 bits per heavy atom. The predicted octanol–water partition coefficient (Wildman–Crippen LogP) is 2.38. The van der Waals surface area contributed by atoms with Gasteiger partial charge in [0, 0.05) is 23.9 Å². The first-order valence-electron chi connectivity index (χ1n) is 7.39. The molecular weight excluding hydrogens is 284 g/mol. The van der Waals surface area contributed by atoms with Gasteiger partial charge < -0.3 is 4.90 Å². The van der Waals surface area contributed by atoms with E-state index in [4.69, 9.17) is 0 Å². The molecule has 0 radical (unpaired) electrons. The highest BCUT2D eigenvalue weighted by atomic mass is 32.1. The number of aromatic nitrogens is 3.